The summed E-state index contributed by atoms with van der Waals surface area (Å²) in [6.45, 7) is 2.46. The first kappa shape index (κ1) is 20.7. The summed E-state index contributed by atoms with van der Waals surface area (Å²) in [5.41, 5.74) is 4.13. The molecule has 6 heteroatoms. The molecule has 0 aliphatic heterocycles. The van der Waals surface area contributed by atoms with Crippen molar-refractivity contribution in [3.8, 4) is 11.5 Å². The van der Waals surface area contributed by atoms with Crippen molar-refractivity contribution in [2.24, 2.45) is 0 Å². The zero-order valence-corrected chi connectivity index (χ0v) is 17.4. The molecular formula is C23H24N2O3S. The molecule has 29 heavy (non-hydrogen) atoms. The van der Waals surface area contributed by atoms with Gasteiger partial charge in [0.1, 0.15) is 6.61 Å². The Hall–Kier alpha value is -2.99. The number of hydrogen-bond donors (Lipinski definition) is 1. The van der Waals surface area contributed by atoms with Gasteiger partial charge in [-0.15, -0.1) is 11.8 Å². The molecule has 1 heterocycles. The van der Waals surface area contributed by atoms with Gasteiger partial charge >= 0.3 is 0 Å². The number of anilines is 1. The Morgan fingerprint density at radius 1 is 1.03 bits per heavy atom. The summed E-state index contributed by atoms with van der Waals surface area (Å²) in [7, 11) is 1.59. The monoisotopic (exact) mass is 408 g/mol. The lowest BCUT2D eigenvalue weighted by Gasteiger charge is -2.13. The number of amides is 1. The van der Waals surface area contributed by atoms with Gasteiger partial charge in [0, 0.05) is 29.9 Å². The van der Waals surface area contributed by atoms with Crippen LogP contribution in [0.4, 0.5) is 5.69 Å². The molecule has 0 radical (unpaired) electrons. The fourth-order valence-corrected chi connectivity index (χ4v) is 3.54. The molecule has 0 aliphatic carbocycles. The summed E-state index contributed by atoms with van der Waals surface area (Å²) >= 11 is 1.59. The average molecular weight is 409 g/mol. The second kappa shape index (κ2) is 10.5. The first-order valence-corrected chi connectivity index (χ1v) is 10.4. The maximum Gasteiger partial charge on any atom is 0.234 e. The minimum absolute atomic E-state index is 0.0482. The predicted octanol–water partition coefficient (Wildman–Crippen LogP) is 4.85. The second-order valence-electron chi connectivity index (χ2n) is 6.54. The predicted molar refractivity (Wildman–Crippen MR) is 118 cm³/mol. The van der Waals surface area contributed by atoms with E-state index in [1.54, 1.807) is 49.5 Å². The molecule has 3 aromatic rings. The molecule has 0 fully saturated rings. The number of carbonyl (C=O) groups excluding carboxylic acids is 1. The van der Waals surface area contributed by atoms with E-state index in [-0.39, 0.29) is 5.91 Å². The third kappa shape index (κ3) is 6.54. The Balaban J connectivity index is 1.54. The van der Waals surface area contributed by atoms with E-state index >= 15 is 0 Å². The van der Waals surface area contributed by atoms with Gasteiger partial charge in [-0.1, -0.05) is 29.8 Å². The summed E-state index contributed by atoms with van der Waals surface area (Å²) in [6.07, 6.45) is 3.45. The summed E-state index contributed by atoms with van der Waals surface area (Å²) in [4.78, 5) is 16.3. The van der Waals surface area contributed by atoms with Crippen LogP contribution in [-0.2, 0) is 17.2 Å². The van der Waals surface area contributed by atoms with Crippen LogP contribution in [0.15, 0.2) is 67.0 Å². The molecule has 0 bridgehead atoms. The Morgan fingerprint density at radius 2 is 1.86 bits per heavy atom. The molecule has 5 nitrogen and oxygen atoms in total. The number of thioether (sulfide) groups is 1. The van der Waals surface area contributed by atoms with Crippen LogP contribution in [0, 0.1) is 6.92 Å². The van der Waals surface area contributed by atoms with Crippen molar-refractivity contribution < 1.29 is 14.3 Å². The van der Waals surface area contributed by atoms with E-state index in [4.69, 9.17) is 9.47 Å². The SMILES string of the molecule is COc1ccc(NC(=O)CSCc2cccc(C)c2)cc1OCc1ccncc1. The molecule has 0 saturated carbocycles. The molecule has 1 amide bonds. The molecule has 1 aromatic heterocycles. The first-order chi connectivity index (χ1) is 14.1. The van der Waals surface area contributed by atoms with E-state index < -0.39 is 0 Å². The van der Waals surface area contributed by atoms with Gasteiger partial charge < -0.3 is 14.8 Å². The molecule has 0 unspecified atom stereocenters. The first-order valence-electron chi connectivity index (χ1n) is 9.27. The van der Waals surface area contributed by atoms with Crippen LogP contribution < -0.4 is 14.8 Å². The normalized spacial score (nSPS) is 10.4. The second-order valence-corrected chi connectivity index (χ2v) is 7.53. The van der Waals surface area contributed by atoms with E-state index in [9.17, 15) is 4.79 Å². The average Bonchev–Trinajstić information content (AvgIpc) is 2.73. The lowest BCUT2D eigenvalue weighted by molar-refractivity contribution is -0.113. The molecular weight excluding hydrogens is 384 g/mol. The molecule has 0 saturated heterocycles. The van der Waals surface area contributed by atoms with Crippen molar-refractivity contribution in [3.63, 3.8) is 0 Å². The Morgan fingerprint density at radius 3 is 2.62 bits per heavy atom. The van der Waals surface area contributed by atoms with Crippen molar-refractivity contribution in [1.82, 2.24) is 4.98 Å². The molecule has 0 aliphatic rings. The Bertz CT molecular complexity index is 948. The van der Waals surface area contributed by atoms with Crippen LogP contribution in [0.2, 0.25) is 0 Å². The Kier molecular flexibility index (Phi) is 7.53. The van der Waals surface area contributed by atoms with Crippen LogP contribution >= 0.6 is 11.8 Å². The van der Waals surface area contributed by atoms with Gasteiger partial charge in [-0.2, -0.15) is 0 Å². The summed E-state index contributed by atoms with van der Waals surface area (Å²) in [5.74, 6) is 2.33. The maximum absolute atomic E-state index is 12.3. The van der Waals surface area contributed by atoms with Crippen LogP contribution in [0.25, 0.3) is 0 Å². The van der Waals surface area contributed by atoms with E-state index in [1.807, 2.05) is 18.2 Å². The van der Waals surface area contributed by atoms with Crippen molar-refractivity contribution in [2.75, 3.05) is 18.2 Å². The number of nitrogens with one attached hydrogen (secondary N) is 1. The summed E-state index contributed by atoms with van der Waals surface area (Å²) in [6, 6.07) is 17.5. The summed E-state index contributed by atoms with van der Waals surface area (Å²) in [5, 5.41) is 2.92. The zero-order chi connectivity index (χ0) is 20.5. The number of ether oxygens (including phenoxy) is 2. The van der Waals surface area contributed by atoms with Gasteiger partial charge in [0.25, 0.3) is 0 Å². The van der Waals surface area contributed by atoms with Crippen molar-refractivity contribution in [1.29, 1.82) is 0 Å². The fraction of sp³-hybridized carbons (Fsp3) is 0.217. The molecule has 2 aromatic carbocycles. The van der Waals surface area contributed by atoms with Gasteiger partial charge in [0.2, 0.25) is 5.91 Å². The van der Waals surface area contributed by atoms with Gasteiger partial charge in [0.15, 0.2) is 11.5 Å². The largest absolute Gasteiger partial charge is 0.493 e. The van der Waals surface area contributed by atoms with Crippen LogP contribution in [0.3, 0.4) is 0 Å². The minimum Gasteiger partial charge on any atom is -0.493 e. The lowest BCUT2D eigenvalue weighted by atomic mass is 10.2. The molecule has 0 atom stereocenters. The number of aromatic nitrogens is 1. The molecule has 3 rings (SSSR count). The van der Waals surface area contributed by atoms with Crippen LogP contribution in [-0.4, -0.2) is 23.8 Å². The number of aryl methyl sites for hydroxylation is 1. The lowest BCUT2D eigenvalue weighted by Crippen LogP contribution is -2.14. The fourth-order valence-electron chi connectivity index (χ4n) is 2.77. The van der Waals surface area contributed by atoms with Crippen molar-refractivity contribution >= 4 is 23.4 Å². The number of benzene rings is 2. The Labute approximate surface area is 175 Å². The topological polar surface area (TPSA) is 60.5 Å². The number of nitrogens with zero attached hydrogens (tertiary/aromatic N) is 1. The minimum atomic E-state index is -0.0482. The molecule has 1 N–H and O–H groups in total. The number of methoxy groups -OCH3 is 1. The number of carbonyl (C=O) groups is 1. The standard InChI is InChI=1S/C23H24N2O3S/c1-17-4-3-5-19(12-17)15-29-16-23(26)25-20-6-7-21(27-2)22(13-20)28-14-18-8-10-24-11-9-18/h3-13H,14-16H2,1-2H3,(H,25,26). The smallest absolute Gasteiger partial charge is 0.234 e. The van der Waals surface area contributed by atoms with E-state index in [2.05, 4.69) is 35.4 Å². The van der Waals surface area contributed by atoms with Gasteiger partial charge in [-0.3, -0.25) is 9.78 Å². The zero-order valence-electron chi connectivity index (χ0n) is 16.6. The van der Waals surface area contributed by atoms with E-state index in [1.165, 1.54) is 11.1 Å². The van der Waals surface area contributed by atoms with Gasteiger partial charge in [-0.05, 0) is 42.3 Å². The van der Waals surface area contributed by atoms with Crippen molar-refractivity contribution in [2.45, 2.75) is 19.3 Å². The third-order valence-corrected chi connectivity index (χ3v) is 5.18. The van der Waals surface area contributed by atoms with Crippen molar-refractivity contribution in [3.05, 3.63) is 83.7 Å². The maximum atomic E-state index is 12.3. The van der Waals surface area contributed by atoms with Crippen LogP contribution in [0.1, 0.15) is 16.7 Å². The number of rotatable bonds is 9. The van der Waals surface area contributed by atoms with Gasteiger partial charge in [-0.25, -0.2) is 0 Å². The highest BCUT2D eigenvalue weighted by Crippen LogP contribution is 2.31. The number of pyridine rings is 1. The quantitative estimate of drug-likeness (QED) is 0.548. The molecule has 0 spiro atoms. The highest BCUT2D eigenvalue weighted by molar-refractivity contribution is 7.99. The van der Waals surface area contributed by atoms with Gasteiger partial charge in [0.05, 0.1) is 12.9 Å². The summed E-state index contributed by atoms with van der Waals surface area (Å²) < 4.78 is 11.2. The number of hydrogen-bond acceptors (Lipinski definition) is 5. The van der Waals surface area contributed by atoms with Crippen LogP contribution in [0.5, 0.6) is 11.5 Å². The third-order valence-electron chi connectivity index (χ3n) is 4.18. The highest BCUT2D eigenvalue weighted by atomic mass is 32.2. The molecule has 150 valence electrons. The van der Waals surface area contributed by atoms with E-state index in [0.717, 1.165) is 11.3 Å². The highest BCUT2D eigenvalue weighted by Gasteiger charge is 2.09. The van der Waals surface area contributed by atoms with E-state index in [0.29, 0.717) is 29.5 Å².